The van der Waals surface area contributed by atoms with Crippen molar-refractivity contribution in [2.75, 3.05) is 19.5 Å². The van der Waals surface area contributed by atoms with E-state index < -0.39 is 10.0 Å². The zero-order valence-electron chi connectivity index (χ0n) is 8.58. The lowest BCUT2D eigenvalue weighted by Gasteiger charge is -2.16. The molecular formula is C9H18ClNO2S. The van der Waals surface area contributed by atoms with Gasteiger partial charge < -0.3 is 0 Å². The van der Waals surface area contributed by atoms with Gasteiger partial charge in [-0.15, -0.1) is 11.6 Å². The monoisotopic (exact) mass is 239 g/mol. The first-order valence-corrected chi connectivity index (χ1v) is 7.14. The summed E-state index contributed by atoms with van der Waals surface area (Å²) in [4.78, 5) is 0. The van der Waals surface area contributed by atoms with E-state index >= 15 is 0 Å². The van der Waals surface area contributed by atoms with Crippen molar-refractivity contribution in [1.29, 1.82) is 0 Å². The van der Waals surface area contributed by atoms with E-state index in [-0.39, 0.29) is 5.25 Å². The molecule has 0 spiro atoms. The van der Waals surface area contributed by atoms with Crippen molar-refractivity contribution in [3.63, 3.8) is 0 Å². The lowest BCUT2D eigenvalue weighted by molar-refractivity contribution is 0.453. The zero-order chi connectivity index (χ0) is 10.6. The number of hydrogen-bond acceptors (Lipinski definition) is 2. The molecule has 0 heterocycles. The predicted molar refractivity (Wildman–Crippen MR) is 59.1 cm³/mol. The Morgan fingerprint density at radius 3 is 2.43 bits per heavy atom. The lowest BCUT2D eigenvalue weighted by Crippen LogP contribution is -2.30. The van der Waals surface area contributed by atoms with Crippen molar-refractivity contribution in [2.45, 2.75) is 37.4 Å². The second kappa shape index (κ2) is 5.33. The highest BCUT2D eigenvalue weighted by Crippen LogP contribution is 2.30. The molecule has 0 saturated heterocycles. The van der Waals surface area contributed by atoms with Gasteiger partial charge in [0.25, 0.3) is 0 Å². The molecule has 0 N–H and O–H groups in total. The number of unbranched alkanes of at least 4 members (excludes halogenated alkanes) is 2. The Morgan fingerprint density at radius 2 is 1.93 bits per heavy atom. The van der Waals surface area contributed by atoms with E-state index in [4.69, 9.17) is 11.6 Å². The molecule has 1 aliphatic rings. The fourth-order valence-electron chi connectivity index (χ4n) is 1.35. The summed E-state index contributed by atoms with van der Waals surface area (Å²) in [6, 6.07) is 0. The third kappa shape index (κ3) is 3.41. The Morgan fingerprint density at radius 1 is 1.29 bits per heavy atom. The minimum Gasteiger partial charge on any atom is -0.212 e. The van der Waals surface area contributed by atoms with Gasteiger partial charge in [-0.25, -0.2) is 12.7 Å². The van der Waals surface area contributed by atoms with Gasteiger partial charge in [-0.05, 0) is 25.7 Å². The van der Waals surface area contributed by atoms with Gasteiger partial charge in [0.05, 0.1) is 5.25 Å². The van der Waals surface area contributed by atoms with Crippen LogP contribution in [0.5, 0.6) is 0 Å². The fourth-order valence-corrected chi connectivity index (χ4v) is 3.17. The molecule has 0 aromatic heterocycles. The summed E-state index contributed by atoms with van der Waals surface area (Å²) in [5, 5.41) is -0.0828. The maximum Gasteiger partial charge on any atom is 0.216 e. The van der Waals surface area contributed by atoms with Crippen LogP contribution in [0.25, 0.3) is 0 Å². The summed E-state index contributed by atoms with van der Waals surface area (Å²) < 4.78 is 24.8. The maximum atomic E-state index is 11.7. The Labute approximate surface area is 91.5 Å². The molecule has 14 heavy (non-hydrogen) atoms. The van der Waals surface area contributed by atoms with E-state index in [1.807, 2.05) is 0 Å². The molecule has 3 nitrogen and oxygen atoms in total. The van der Waals surface area contributed by atoms with E-state index in [1.54, 1.807) is 7.05 Å². The van der Waals surface area contributed by atoms with Gasteiger partial charge in [0, 0.05) is 19.5 Å². The van der Waals surface area contributed by atoms with Crippen LogP contribution < -0.4 is 0 Å². The smallest absolute Gasteiger partial charge is 0.212 e. The van der Waals surface area contributed by atoms with Crippen LogP contribution in [0, 0.1) is 0 Å². The lowest BCUT2D eigenvalue weighted by atomic mass is 10.2. The average molecular weight is 240 g/mol. The van der Waals surface area contributed by atoms with Gasteiger partial charge in [-0.3, -0.25) is 0 Å². The van der Waals surface area contributed by atoms with Crippen LogP contribution in [-0.4, -0.2) is 37.4 Å². The van der Waals surface area contributed by atoms with E-state index in [1.165, 1.54) is 4.31 Å². The Kier molecular flexibility index (Phi) is 4.67. The summed E-state index contributed by atoms with van der Waals surface area (Å²) in [5.74, 6) is 0.666. The van der Waals surface area contributed by atoms with Crippen LogP contribution in [0.15, 0.2) is 0 Å². The summed E-state index contributed by atoms with van der Waals surface area (Å²) in [7, 11) is -1.28. The fraction of sp³-hybridized carbons (Fsp3) is 1.00. The average Bonchev–Trinajstić information content (AvgIpc) is 2.94. The van der Waals surface area contributed by atoms with Gasteiger partial charge in [0.2, 0.25) is 10.0 Å². The van der Waals surface area contributed by atoms with Gasteiger partial charge in [0.1, 0.15) is 0 Å². The van der Waals surface area contributed by atoms with E-state index in [2.05, 4.69) is 0 Å². The van der Waals surface area contributed by atoms with Crippen molar-refractivity contribution in [1.82, 2.24) is 4.31 Å². The largest absolute Gasteiger partial charge is 0.216 e. The van der Waals surface area contributed by atoms with Gasteiger partial charge in [-0.2, -0.15) is 0 Å². The maximum absolute atomic E-state index is 11.7. The molecule has 0 atom stereocenters. The molecule has 1 fully saturated rings. The first-order valence-electron chi connectivity index (χ1n) is 5.10. The SMILES string of the molecule is CN(CCCCCCl)S(=O)(=O)C1CC1. The molecule has 1 aliphatic carbocycles. The highest BCUT2D eigenvalue weighted by atomic mass is 35.5. The molecule has 0 unspecified atom stereocenters. The normalized spacial score (nSPS) is 17.6. The molecular weight excluding hydrogens is 222 g/mol. The molecule has 5 heteroatoms. The quantitative estimate of drug-likeness (QED) is 0.502. The first kappa shape index (κ1) is 12.3. The Balaban J connectivity index is 2.23. The second-order valence-electron chi connectivity index (χ2n) is 3.82. The number of halogens is 1. The third-order valence-electron chi connectivity index (χ3n) is 2.49. The molecule has 0 amide bonds. The van der Waals surface area contributed by atoms with Gasteiger partial charge >= 0.3 is 0 Å². The molecule has 0 aliphatic heterocycles. The minimum atomic E-state index is -2.95. The van der Waals surface area contributed by atoms with Crippen LogP contribution in [0.4, 0.5) is 0 Å². The molecule has 0 radical (unpaired) electrons. The number of rotatable bonds is 7. The molecule has 0 aromatic rings. The van der Waals surface area contributed by atoms with Crippen molar-refractivity contribution in [2.24, 2.45) is 0 Å². The summed E-state index contributed by atoms with van der Waals surface area (Å²) in [5.41, 5.74) is 0. The summed E-state index contributed by atoms with van der Waals surface area (Å²) in [6.07, 6.45) is 4.57. The number of hydrogen-bond donors (Lipinski definition) is 0. The molecule has 84 valence electrons. The van der Waals surface area contributed by atoms with Crippen molar-refractivity contribution < 1.29 is 8.42 Å². The second-order valence-corrected chi connectivity index (χ2v) is 6.51. The van der Waals surface area contributed by atoms with E-state index in [0.29, 0.717) is 12.4 Å². The summed E-state index contributed by atoms with van der Waals surface area (Å²) in [6.45, 7) is 0.635. The van der Waals surface area contributed by atoms with Crippen LogP contribution in [0.1, 0.15) is 32.1 Å². The number of nitrogens with zero attached hydrogens (tertiary/aromatic N) is 1. The van der Waals surface area contributed by atoms with Crippen LogP contribution in [0.2, 0.25) is 0 Å². The highest BCUT2D eigenvalue weighted by molar-refractivity contribution is 7.90. The Bertz CT molecular complexity index is 262. The highest BCUT2D eigenvalue weighted by Gasteiger charge is 2.38. The predicted octanol–water partition coefficient (Wildman–Crippen LogP) is 1.82. The van der Waals surface area contributed by atoms with E-state index in [0.717, 1.165) is 32.1 Å². The zero-order valence-corrected chi connectivity index (χ0v) is 10.1. The van der Waals surface area contributed by atoms with Crippen LogP contribution >= 0.6 is 11.6 Å². The van der Waals surface area contributed by atoms with Gasteiger partial charge in [-0.1, -0.05) is 6.42 Å². The van der Waals surface area contributed by atoms with Gasteiger partial charge in [0.15, 0.2) is 0 Å². The van der Waals surface area contributed by atoms with E-state index in [9.17, 15) is 8.42 Å². The number of alkyl halides is 1. The minimum absolute atomic E-state index is 0.0828. The summed E-state index contributed by atoms with van der Waals surface area (Å²) >= 11 is 5.54. The van der Waals surface area contributed by atoms with Crippen LogP contribution in [0.3, 0.4) is 0 Å². The van der Waals surface area contributed by atoms with Crippen molar-refractivity contribution in [3.05, 3.63) is 0 Å². The van der Waals surface area contributed by atoms with Crippen molar-refractivity contribution >= 4 is 21.6 Å². The molecule has 1 rings (SSSR count). The molecule has 0 aromatic carbocycles. The number of sulfonamides is 1. The molecule has 1 saturated carbocycles. The third-order valence-corrected chi connectivity index (χ3v) is 5.12. The molecule has 0 bridgehead atoms. The van der Waals surface area contributed by atoms with Crippen LogP contribution in [-0.2, 0) is 10.0 Å². The topological polar surface area (TPSA) is 37.4 Å². The Hall–Kier alpha value is 0.200. The van der Waals surface area contributed by atoms with Crippen molar-refractivity contribution in [3.8, 4) is 0 Å². The first-order chi connectivity index (χ1) is 6.59. The standard InChI is InChI=1S/C9H18ClNO2S/c1-11(8-4-2-3-7-10)14(12,13)9-5-6-9/h9H,2-8H2,1H3.